The van der Waals surface area contributed by atoms with Crippen molar-refractivity contribution in [1.82, 2.24) is 30.2 Å². The molecule has 0 bridgehead atoms. The van der Waals surface area contributed by atoms with Gasteiger partial charge in [-0.2, -0.15) is 5.26 Å². The highest BCUT2D eigenvalue weighted by molar-refractivity contribution is 7.99. The molecule has 9 heteroatoms. The van der Waals surface area contributed by atoms with Crippen LogP contribution in [0.2, 0.25) is 0 Å². The average Bonchev–Trinajstić information content (AvgIpc) is 3.20. The summed E-state index contributed by atoms with van der Waals surface area (Å²) < 4.78 is 1.78. The number of aliphatic hydroxyl groups excluding tert-OH is 1. The fraction of sp³-hybridized carbons (Fsp3) is 0.312. The molecule has 1 aromatic carbocycles. The minimum atomic E-state index is -0.383. The zero-order valence-corrected chi connectivity index (χ0v) is 14.2. The van der Waals surface area contributed by atoms with Crippen LogP contribution >= 0.6 is 11.8 Å². The van der Waals surface area contributed by atoms with E-state index in [1.54, 1.807) is 4.68 Å². The van der Waals surface area contributed by atoms with E-state index in [0.717, 1.165) is 23.9 Å². The number of nitriles is 1. The van der Waals surface area contributed by atoms with Crippen LogP contribution in [-0.4, -0.2) is 40.5 Å². The summed E-state index contributed by atoms with van der Waals surface area (Å²) in [6, 6.07) is 9.89. The number of aliphatic hydroxyl groups is 1. The van der Waals surface area contributed by atoms with E-state index in [1.807, 2.05) is 31.2 Å². The summed E-state index contributed by atoms with van der Waals surface area (Å²) in [5, 5.41) is 32.1. The lowest BCUT2D eigenvalue weighted by Crippen LogP contribution is -2.07. The van der Waals surface area contributed by atoms with Crippen molar-refractivity contribution in [3.63, 3.8) is 0 Å². The maximum Gasteiger partial charge on any atom is 0.210 e. The molecule has 4 rings (SSSR count). The maximum absolute atomic E-state index is 10.6. The molecule has 126 valence electrons. The number of hydrogen-bond acceptors (Lipinski definition) is 7. The Kier molecular flexibility index (Phi) is 3.89. The molecular formula is C16H15N7OS. The molecule has 1 fully saturated rings. The fourth-order valence-corrected chi connectivity index (χ4v) is 3.45. The normalized spacial score (nSPS) is 16.5. The van der Waals surface area contributed by atoms with Gasteiger partial charge in [-0.3, -0.25) is 0 Å². The lowest BCUT2D eigenvalue weighted by Gasteiger charge is -2.11. The molecule has 0 radical (unpaired) electrons. The molecule has 0 aliphatic heterocycles. The van der Waals surface area contributed by atoms with Gasteiger partial charge in [-0.15, -0.1) is 5.10 Å². The number of imidazole rings is 1. The van der Waals surface area contributed by atoms with Crippen LogP contribution in [0.3, 0.4) is 0 Å². The Hall–Kier alpha value is -2.86. The van der Waals surface area contributed by atoms with Gasteiger partial charge in [0, 0.05) is 0 Å². The van der Waals surface area contributed by atoms with Crippen molar-refractivity contribution < 1.29 is 5.11 Å². The Balaban J connectivity index is 1.64. The van der Waals surface area contributed by atoms with Gasteiger partial charge in [-0.25, -0.2) is 9.67 Å². The molecule has 1 saturated carbocycles. The average molecular weight is 353 g/mol. The van der Waals surface area contributed by atoms with E-state index >= 15 is 0 Å². The van der Waals surface area contributed by atoms with Gasteiger partial charge in [0.25, 0.3) is 0 Å². The minimum Gasteiger partial charge on any atom is -0.510 e. The molecule has 2 heterocycles. The smallest absolute Gasteiger partial charge is 0.210 e. The summed E-state index contributed by atoms with van der Waals surface area (Å²) in [6.07, 6.45) is 2.13. The number of benzene rings is 1. The van der Waals surface area contributed by atoms with E-state index in [2.05, 4.69) is 31.6 Å². The summed E-state index contributed by atoms with van der Waals surface area (Å²) in [7, 11) is 0. The van der Waals surface area contributed by atoms with E-state index in [0.29, 0.717) is 17.0 Å². The molecule has 1 atom stereocenters. The van der Waals surface area contributed by atoms with Crippen LogP contribution in [0.5, 0.6) is 0 Å². The van der Waals surface area contributed by atoms with E-state index in [1.165, 1.54) is 11.8 Å². The third-order valence-corrected chi connectivity index (χ3v) is 5.07. The van der Waals surface area contributed by atoms with Crippen molar-refractivity contribution in [3.05, 3.63) is 35.8 Å². The molecular weight excluding hydrogens is 338 g/mol. The summed E-state index contributed by atoms with van der Waals surface area (Å²) in [5.41, 5.74) is 1.69. The highest BCUT2D eigenvalue weighted by Gasteiger charge is 2.29. The van der Waals surface area contributed by atoms with Crippen molar-refractivity contribution in [3.8, 4) is 6.07 Å². The number of hydrogen-bond donors (Lipinski definition) is 2. The highest BCUT2D eigenvalue weighted by atomic mass is 32.2. The lowest BCUT2D eigenvalue weighted by atomic mass is 10.2. The van der Waals surface area contributed by atoms with Crippen molar-refractivity contribution in [2.45, 2.75) is 36.2 Å². The molecule has 0 saturated heterocycles. The van der Waals surface area contributed by atoms with Crippen LogP contribution in [0.4, 0.5) is 0 Å². The molecule has 25 heavy (non-hydrogen) atoms. The molecule has 0 amide bonds. The van der Waals surface area contributed by atoms with Gasteiger partial charge in [0.05, 0.1) is 22.3 Å². The number of para-hydroxylation sites is 2. The largest absolute Gasteiger partial charge is 0.510 e. The van der Waals surface area contributed by atoms with Gasteiger partial charge < -0.3 is 10.1 Å². The van der Waals surface area contributed by atoms with Gasteiger partial charge in [0.2, 0.25) is 5.16 Å². The highest BCUT2D eigenvalue weighted by Crippen LogP contribution is 2.38. The van der Waals surface area contributed by atoms with Gasteiger partial charge in [-0.05, 0) is 42.3 Å². The lowest BCUT2D eigenvalue weighted by molar-refractivity contribution is 0.401. The summed E-state index contributed by atoms with van der Waals surface area (Å²) in [5.74, 6) is 0.312. The standard InChI is InChI=1S/C16H15N7OS/c1-9(25-16-20-21-22-23(16)10-6-7-10)14(24)11(8-17)15-18-12-4-2-3-5-13(12)19-15/h2-5,9-10,24H,6-7H2,1H3,(H,18,19)/t9-/m1/s1. The number of rotatable bonds is 5. The van der Waals surface area contributed by atoms with E-state index in [9.17, 15) is 10.4 Å². The fourth-order valence-electron chi connectivity index (χ4n) is 2.53. The predicted octanol–water partition coefficient (Wildman–Crippen LogP) is 2.86. The number of thioether (sulfide) groups is 1. The Morgan fingerprint density at radius 2 is 2.24 bits per heavy atom. The van der Waals surface area contributed by atoms with Crippen LogP contribution in [-0.2, 0) is 0 Å². The van der Waals surface area contributed by atoms with E-state index in [-0.39, 0.29) is 16.6 Å². The van der Waals surface area contributed by atoms with Crippen LogP contribution in [0.15, 0.2) is 35.2 Å². The minimum absolute atomic E-state index is 0.0445. The molecule has 3 aromatic rings. The Bertz CT molecular complexity index is 962. The zero-order valence-electron chi connectivity index (χ0n) is 13.4. The molecule has 0 spiro atoms. The second-order valence-electron chi connectivity index (χ2n) is 5.87. The van der Waals surface area contributed by atoms with E-state index < -0.39 is 0 Å². The van der Waals surface area contributed by atoms with Gasteiger partial charge in [-0.1, -0.05) is 23.9 Å². The van der Waals surface area contributed by atoms with Crippen LogP contribution < -0.4 is 0 Å². The number of nitrogens with one attached hydrogen (secondary N) is 1. The molecule has 1 aliphatic rings. The summed E-state index contributed by atoms with van der Waals surface area (Å²) in [6.45, 7) is 1.81. The predicted molar refractivity (Wildman–Crippen MR) is 92.7 cm³/mol. The SMILES string of the molecule is C[C@@H](Sc1nnnn1C1CC1)C(O)=C(C#N)c1nc2ccccc2[nH]1. The number of aromatic nitrogens is 6. The van der Waals surface area contributed by atoms with E-state index in [4.69, 9.17) is 0 Å². The Morgan fingerprint density at radius 3 is 2.96 bits per heavy atom. The van der Waals surface area contributed by atoms with Crippen molar-refractivity contribution in [2.75, 3.05) is 0 Å². The first-order chi connectivity index (χ1) is 12.2. The van der Waals surface area contributed by atoms with Crippen LogP contribution in [0.25, 0.3) is 16.6 Å². The third-order valence-electron chi connectivity index (χ3n) is 4.02. The van der Waals surface area contributed by atoms with Crippen LogP contribution in [0, 0.1) is 11.3 Å². The molecule has 8 nitrogen and oxygen atoms in total. The molecule has 1 aliphatic carbocycles. The zero-order chi connectivity index (χ0) is 17.4. The Labute approximate surface area is 147 Å². The molecule has 0 unspecified atom stereocenters. The van der Waals surface area contributed by atoms with Crippen molar-refractivity contribution >= 4 is 28.4 Å². The number of fused-ring (bicyclic) bond motifs is 1. The van der Waals surface area contributed by atoms with Crippen LogP contribution in [0.1, 0.15) is 31.6 Å². The van der Waals surface area contributed by atoms with Gasteiger partial charge >= 0.3 is 0 Å². The topological polar surface area (TPSA) is 116 Å². The second kappa shape index (κ2) is 6.22. The monoisotopic (exact) mass is 353 g/mol. The summed E-state index contributed by atoms with van der Waals surface area (Å²) in [4.78, 5) is 7.46. The number of allylic oxidation sites excluding steroid dienone is 1. The second-order valence-corrected chi connectivity index (χ2v) is 7.18. The number of tetrazole rings is 1. The first-order valence-electron chi connectivity index (χ1n) is 7.90. The molecule has 2 aromatic heterocycles. The number of aromatic amines is 1. The number of H-pyrrole nitrogens is 1. The quantitative estimate of drug-likeness (QED) is 0.411. The first-order valence-corrected chi connectivity index (χ1v) is 8.78. The first kappa shape index (κ1) is 15.7. The Morgan fingerprint density at radius 1 is 1.44 bits per heavy atom. The van der Waals surface area contributed by atoms with Gasteiger partial charge in [0.1, 0.15) is 17.4 Å². The molecule has 2 N–H and O–H groups in total. The third kappa shape index (κ3) is 2.96. The van der Waals surface area contributed by atoms with Crippen molar-refractivity contribution in [2.24, 2.45) is 0 Å². The maximum atomic E-state index is 10.6. The van der Waals surface area contributed by atoms with Crippen molar-refractivity contribution in [1.29, 1.82) is 5.26 Å². The summed E-state index contributed by atoms with van der Waals surface area (Å²) >= 11 is 1.32. The number of nitrogens with zero attached hydrogens (tertiary/aromatic N) is 6. The van der Waals surface area contributed by atoms with Gasteiger partial charge in [0.15, 0.2) is 5.82 Å².